The van der Waals surface area contributed by atoms with E-state index in [2.05, 4.69) is 19.3 Å². The minimum Gasteiger partial charge on any atom is -0.271 e. The van der Waals surface area contributed by atoms with Crippen molar-refractivity contribution in [3.05, 3.63) is 35.1 Å². The van der Waals surface area contributed by atoms with Crippen LogP contribution in [0.5, 0.6) is 0 Å². The van der Waals surface area contributed by atoms with Crippen molar-refractivity contribution in [3.8, 4) is 0 Å². The number of rotatable bonds is 8. The molecule has 108 valence electrons. The molecule has 0 saturated carbocycles. The summed E-state index contributed by atoms with van der Waals surface area (Å²) in [6.07, 6.45) is 5.80. The Morgan fingerprint density at radius 2 is 2.05 bits per heavy atom. The van der Waals surface area contributed by atoms with Gasteiger partial charge >= 0.3 is 0 Å². The van der Waals surface area contributed by atoms with Gasteiger partial charge in [-0.3, -0.25) is 11.3 Å². The quantitative estimate of drug-likeness (QED) is 0.545. The van der Waals surface area contributed by atoms with Crippen LogP contribution < -0.4 is 11.3 Å². The molecule has 0 aliphatic carbocycles. The third-order valence-corrected chi connectivity index (χ3v) is 3.93. The van der Waals surface area contributed by atoms with Gasteiger partial charge in [0.25, 0.3) is 0 Å². The monoisotopic (exact) mass is 266 g/mol. The maximum absolute atomic E-state index is 13.4. The first-order chi connectivity index (χ1) is 9.12. The molecule has 3 heteroatoms. The SMILES string of the molecule is CCCCC(CC)CC(NN)c1cc(F)ccc1C. The van der Waals surface area contributed by atoms with E-state index in [0.717, 1.165) is 24.0 Å². The highest BCUT2D eigenvalue weighted by Crippen LogP contribution is 2.28. The van der Waals surface area contributed by atoms with Crippen LogP contribution in [-0.2, 0) is 0 Å². The molecule has 0 amide bonds. The first kappa shape index (κ1) is 16.1. The molecular formula is C16H27FN2. The lowest BCUT2D eigenvalue weighted by molar-refractivity contribution is 0.355. The molecule has 1 aromatic rings. The third-order valence-electron chi connectivity index (χ3n) is 3.93. The van der Waals surface area contributed by atoms with Crippen molar-refractivity contribution in [3.63, 3.8) is 0 Å². The zero-order valence-corrected chi connectivity index (χ0v) is 12.4. The molecule has 2 nitrogen and oxygen atoms in total. The van der Waals surface area contributed by atoms with E-state index in [1.54, 1.807) is 6.07 Å². The summed E-state index contributed by atoms with van der Waals surface area (Å²) < 4.78 is 13.4. The summed E-state index contributed by atoms with van der Waals surface area (Å²) >= 11 is 0. The Bertz CT molecular complexity index is 379. The lowest BCUT2D eigenvalue weighted by Crippen LogP contribution is -2.30. The zero-order chi connectivity index (χ0) is 14.3. The van der Waals surface area contributed by atoms with Crippen LogP contribution in [0.15, 0.2) is 18.2 Å². The van der Waals surface area contributed by atoms with Gasteiger partial charge in [-0.15, -0.1) is 0 Å². The second-order valence-corrected chi connectivity index (χ2v) is 5.37. The van der Waals surface area contributed by atoms with Gasteiger partial charge in [0.15, 0.2) is 0 Å². The highest BCUT2D eigenvalue weighted by Gasteiger charge is 2.18. The molecule has 2 unspecified atom stereocenters. The number of halogens is 1. The fourth-order valence-electron chi connectivity index (χ4n) is 2.59. The predicted octanol–water partition coefficient (Wildman–Crippen LogP) is 4.25. The Labute approximate surface area is 116 Å². The van der Waals surface area contributed by atoms with E-state index in [1.807, 2.05) is 13.0 Å². The molecule has 0 fully saturated rings. The Hall–Kier alpha value is -0.930. The van der Waals surface area contributed by atoms with Crippen molar-refractivity contribution in [2.45, 2.75) is 58.9 Å². The van der Waals surface area contributed by atoms with E-state index in [1.165, 1.54) is 25.3 Å². The molecule has 0 spiro atoms. The maximum atomic E-state index is 13.4. The van der Waals surface area contributed by atoms with Gasteiger partial charge < -0.3 is 0 Å². The Morgan fingerprint density at radius 3 is 2.63 bits per heavy atom. The fraction of sp³-hybridized carbons (Fsp3) is 0.625. The van der Waals surface area contributed by atoms with Crippen molar-refractivity contribution < 1.29 is 4.39 Å². The molecule has 2 atom stereocenters. The van der Waals surface area contributed by atoms with Gasteiger partial charge in [-0.2, -0.15) is 0 Å². The van der Waals surface area contributed by atoms with Gasteiger partial charge in [-0.05, 0) is 42.5 Å². The summed E-state index contributed by atoms with van der Waals surface area (Å²) in [7, 11) is 0. The summed E-state index contributed by atoms with van der Waals surface area (Å²) in [6.45, 7) is 6.43. The van der Waals surface area contributed by atoms with E-state index in [4.69, 9.17) is 5.84 Å². The molecule has 0 aromatic heterocycles. The summed E-state index contributed by atoms with van der Waals surface area (Å²) in [5, 5.41) is 0. The molecule has 3 N–H and O–H groups in total. The number of nitrogens with two attached hydrogens (primary N) is 1. The molecule has 1 rings (SSSR count). The van der Waals surface area contributed by atoms with Crippen LogP contribution in [0.4, 0.5) is 4.39 Å². The van der Waals surface area contributed by atoms with Crippen molar-refractivity contribution in [1.82, 2.24) is 5.43 Å². The van der Waals surface area contributed by atoms with Gasteiger partial charge in [0.2, 0.25) is 0 Å². The van der Waals surface area contributed by atoms with Crippen LogP contribution in [0.25, 0.3) is 0 Å². The topological polar surface area (TPSA) is 38.0 Å². The van der Waals surface area contributed by atoms with Crippen LogP contribution in [-0.4, -0.2) is 0 Å². The maximum Gasteiger partial charge on any atom is 0.123 e. The van der Waals surface area contributed by atoms with Crippen LogP contribution in [0, 0.1) is 18.7 Å². The lowest BCUT2D eigenvalue weighted by atomic mass is 9.88. The smallest absolute Gasteiger partial charge is 0.123 e. The van der Waals surface area contributed by atoms with Crippen LogP contribution in [0.2, 0.25) is 0 Å². The molecule has 0 saturated heterocycles. The highest BCUT2D eigenvalue weighted by molar-refractivity contribution is 5.29. The molecular weight excluding hydrogens is 239 g/mol. The number of benzene rings is 1. The second kappa shape index (κ2) is 8.28. The molecule has 0 radical (unpaired) electrons. The molecule has 1 aromatic carbocycles. The van der Waals surface area contributed by atoms with E-state index in [0.29, 0.717) is 5.92 Å². The van der Waals surface area contributed by atoms with Gasteiger partial charge in [0.1, 0.15) is 5.82 Å². The zero-order valence-electron chi connectivity index (χ0n) is 12.4. The first-order valence-electron chi connectivity index (χ1n) is 7.34. The summed E-state index contributed by atoms with van der Waals surface area (Å²) in [5.74, 6) is 6.13. The van der Waals surface area contributed by atoms with Crippen LogP contribution in [0.1, 0.15) is 63.1 Å². The largest absolute Gasteiger partial charge is 0.271 e. The summed E-state index contributed by atoms with van der Waals surface area (Å²) in [6, 6.07) is 4.97. The van der Waals surface area contributed by atoms with Gasteiger partial charge in [-0.1, -0.05) is 45.6 Å². The number of aryl methyl sites for hydroxylation is 1. The number of nitrogens with one attached hydrogen (secondary N) is 1. The Morgan fingerprint density at radius 1 is 1.32 bits per heavy atom. The molecule has 19 heavy (non-hydrogen) atoms. The minimum absolute atomic E-state index is 0.0394. The Balaban J connectivity index is 2.78. The van der Waals surface area contributed by atoms with Crippen LogP contribution >= 0.6 is 0 Å². The predicted molar refractivity (Wildman–Crippen MR) is 79.1 cm³/mol. The van der Waals surface area contributed by atoms with Crippen molar-refractivity contribution in [1.29, 1.82) is 0 Å². The summed E-state index contributed by atoms with van der Waals surface area (Å²) in [5.41, 5.74) is 4.94. The van der Waals surface area contributed by atoms with E-state index >= 15 is 0 Å². The first-order valence-corrected chi connectivity index (χ1v) is 7.34. The molecule has 0 aliphatic rings. The Kier molecular flexibility index (Phi) is 7.03. The van der Waals surface area contributed by atoms with Gasteiger partial charge in [0.05, 0.1) is 0 Å². The van der Waals surface area contributed by atoms with Crippen molar-refractivity contribution in [2.75, 3.05) is 0 Å². The number of hydrazine groups is 1. The summed E-state index contributed by atoms with van der Waals surface area (Å²) in [4.78, 5) is 0. The molecule has 0 bridgehead atoms. The van der Waals surface area contributed by atoms with Crippen LogP contribution in [0.3, 0.4) is 0 Å². The highest BCUT2D eigenvalue weighted by atomic mass is 19.1. The fourth-order valence-corrected chi connectivity index (χ4v) is 2.59. The molecule has 0 heterocycles. The minimum atomic E-state index is -0.192. The molecule has 0 aliphatic heterocycles. The van der Waals surface area contributed by atoms with E-state index in [-0.39, 0.29) is 11.9 Å². The number of hydrogen-bond donors (Lipinski definition) is 2. The number of unbranched alkanes of at least 4 members (excludes halogenated alkanes) is 1. The van der Waals surface area contributed by atoms with E-state index in [9.17, 15) is 4.39 Å². The second-order valence-electron chi connectivity index (χ2n) is 5.37. The normalized spacial score (nSPS) is 14.4. The average Bonchev–Trinajstić information content (AvgIpc) is 2.42. The van der Waals surface area contributed by atoms with Crippen molar-refractivity contribution >= 4 is 0 Å². The lowest BCUT2D eigenvalue weighted by Gasteiger charge is -2.24. The van der Waals surface area contributed by atoms with E-state index < -0.39 is 0 Å². The average molecular weight is 266 g/mol. The van der Waals surface area contributed by atoms with Gasteiger partial charge in [-0.25, -0.2) is 4.39 Å². The number of hydrogen-bond acceptors (Lipinski definition) is 2. The van der Waals surface area contributed by atoms with Crippen molar-refractivity contribution in [2.24, 2.45) is 11.8 Å². The third kappa shape index (κ3) is 4.92. The van der Waals surface area contributed by atoms with Gasteiger partial charge in [0, 0.05) is 6.04 Å². The standard InChI is InChI=1S/C16H27FN2/c1-4-6-7-13(5-2)10-16(19-18)15-11-14(17)9-8-12(15)3/h8-9,11,13,16,19H,4-7,10,18H2,1-3H3.